The summed E-state index contributed by atoms with van der Waals surface area (Å²) in [5, 5.41) is 5.16. The van der Waals surface area contributed by atoms with Crippen LogP contribution in [0.5, 0.6) is 0 Å². The Morgan fingerprint density at radius 1 is 1.44 bits per heavy atom. The van der Waals surface area contributed by atoms with Crippen LogP contribution in [0, 0.1) is 6.92 Å². The van der Waals surface area contributed by atoms with E-state index in [4.69, 9.17) is 0 Å². The van der Waals surface area contributed by atoms with Crippen molar-refractivity contribution in [3.05, 3.63) is 30.1 Å². The maximum Gasteiger partial charge on any atom is 0.189 e. The SMILES string of the molecule is C=Cc1cc2c(C)cnn2c(SC)n1.CC. The molecular weight excluding hydrogens is 218 g/mol. The highest BCUT2D eigenvalue weighted by Crippen LogP contribution is 2.18. The van der Waals surface area contributed by atoms with Gasteiger partial charge in [-0.05, 0) is 30.9 Å². The molecule has 0 N–H and O–H groups in total. The summed E-state index contributed by atoms with van der Waals surface area (Å²) in [6.45, 7) is 9.77. The summed E-state index contributed by atoms with van der Waals surface area (Å²) in [5.41, 5.74) is 3.15. The average molecular weight is 235 g/mol. The molecule has 0 saturated heterocycles. The van der Waals surface area contributed by atoms with Crippen molar-refractivity contribution in [1.29, 1.82) is 0 Å². The Morgan fingerprint density at radius 2 is 2.12 bits per heavy atom. The molecular formula is C12H17N3S. The zero-order valence-electron chi connectivity index (χ0n) is 10.2. The molecule has 0 aromatic carbocycles. The Kier molecular flexibility index (Phi) is 4.55. The molecule has 2 heterocycles. The van der Waals surface area contributed by atoms with Gasteiger partial charge in [0.2, 0.25) is 0 Å². The number of hydrogen-bond donors (Lipinski definition) is 0. The number of fused-ring (bicyclic) bond motifs is 1. The van der Waals surface area contributed by atoms with Crippen molar-refractivity contribution in [2.75, 3.05) is 6.26 Å². The van der Waals surface area contributed by atoms with Crippen molar-refractivity contribution in [2.24, 2.45) is 0 Å². The Bertz CT molecular complexity index is 488. The Labute approximate surface area is 101 Å². The predicted molar refractivity (Wildman–Crippen MR) is 70.9 cm³/mol. The Hall–Kier alpha value is -1.29. The average Bonchev–Trinajstić information content (AvgIpc) is 2.72. The molecule has 0 spiro atoms. The second-order valence-corrected chi connectivity index (χ2v) is 3.77. The number of nitrogens with zero attached hydrogens (tertiary/aromatic N) is 3. The van der Waals surface area contributed by atoms with Crippen molar-refractivity contribution < 1.29 is 0 Å². The lowest BCUT2D eigenvalue weighted by molar-refractivity contribution is 0.793. The van der Waals surface area contributed by atoms with E-state index < -0.39 is 0 Å². The van der Waals surface area contributed by atoms with Gasteiger partial charge in [-0.25, -0.2) is 9.50 Å². The molecule has 3 nitrogen and oxygen atoms in total. The fraction of sp³-hybridized carbons (Fsp3) is 0.333. The summed E-state index contributed by atoms with van der Waals surface area (Å²) in [4.78, 5) is 4.40. The van der Waals surface area contributed by atoms with Crippen LogP contribution in [0.4, 0.5) is 0 Å². The summed E-state index contributed by atoms with van der Waals surface area (Å²) in [6, 6.07) is 2.00. The number of hydrogen-bond acceptors (Lipinski definition) is 3. The lowest BCUT2D eigenvalue weighted by atomic mass is 10.3. The molecule has 0 aliphatic rings. The highest BCUT2D eigenvalue weighted by Gasteiger charge is 2.06. The molecule has 2 rings (SSSR count). The van der Waals surface area contributed by atoms with Gasteiger partial charge in [0.05, 0.1) is 17.4 Å². The van der Waals surface area contributed by atoms with Gasteiger partial charge in [0.1, 0.15) is 0 Å². The van der Waals surface area contributed by atoms with E-state index in [2.05, 4.69) is 16.7 Å². The van der Waals surface area contributed by atoms with Crippen molar-refractivity contribution in [3.63, 3.8) is 0 Å². The minimum Gasteiger partial charge on any atom is -0.223 e. The van der Waals surface area contributed by atoms with Gasteiger partial charge in [-0.3, -0.25) is 0 Å². The molecule has 0 saturated carbocycles. The van der Waals surface area contributed by atoms with Crippen LogP contribution >= 0.6 is 11.8 Å². The minimum atomic E-state index is 0.894. The zero-order chi connectivity index (χ0) is 12.1. The number of thioether (sulfide) groups is 1. The van der Waals surface area contributed by atoms with E-state index in [-0.39, 0.29) is 0 Å². The molecule has 0 bridgehead atoms. The second kappa shape index (κ2) is 5.70. The molecule has 86 valence electrons. The van der Waals surface area contributed by atoms with E-state index in [0.29, 0.717) is 0 Å². The highest BCUT2D eigenvalue weighted by molar-refractivity contribution is 7.98. The zero-order valence-corrected chi connectivity index (χ0v) is 11.0. The largest absolute Gasteiger partial charge is 0.223 e. The first-order valence-electron chi connectivity index (χ1n) is 5.28. The van der Waals surface area contributed by atoms with E-state index in [1.54, 1.807) is 17.8 Å². The van der Waals surface area contributed by atoms with Crippen LogP contribution < -0.4 is 0 Å². The van der Waals surface area contributed by atoms with Crippen molar-refractivity contribution in [1.82, 2.24) is 14.6 Å². The van der Waals surface area contributed by atoms with Gasteiger partial charge in [0.15, 0.2) is 5.16 Å². The standard InChI is InChI=1S/C10H11N3S.C2H6/c1-4-8-5-9-7(2)6-11-13(9)10(12-8)14-3;1-2/h4-6H,1H2,2-3H3;1-2H3. The van der Waals surface area contributed by atoms with Crippen LogP contribution in [0.2, 0.25) is 0 Å². The molecule has 0 aliphatic carbocycles. The third-order valence-electron chi connectivity index (χ3n) is 2.08. The van der Waals surface area contributed by atoms with Crippen LogP contribution in [0.1, 0.15) is 25.1 Å². The van der Waals surface area contributed by atoms with Crippen LogP contribution in [-0.4, -0.2) is 20.9 Å². The van der Waals surface area contributed by atoms with Crippen LogP contribution in [0.25, 0.3) is 11.6 Å². The van der Waals surface area contributed by atoms with E-state index in [0.717, 1.165) is 21.9 Å². The minimum absolute atomic E-state index is 0.894. The molecule has 2 aromatic rings. The van der Waals surface area contributed by atoms with Crippen molar-refractivity contribution in [2.45, 2.75) is 25.9 Å². The Balaban J connectivity index is 0.000000606. The van der Waals surface area contributed by atoms with Crippen LogP contribution in [0.3, 0.4) is 0 Å². The number of aromatic nitrogens is 3. The highest BCUT2D eigenvalue weighted by atomic mass is 32.2. The summed E-state index contributed by atoms with van der Waals surface area (Å²) in [6.07, 6.45) is 5.60. The molecule has 4 heteroatoms. The van der Waals surface area contributed by atoms with Gasteiger partial charge in [-0.1, -0.05) is 32.2 Å². The molecule has 0 atom stereocenters. The van der Waals surface area contributed by atoms with Gasteiger partial charge in [-0.2, -0.15) is 5.10 Å². The van der Waals surface area contributed by atoms with E-state index in [9.17, 15) is 0 Å². The van der Waals surface area contributed by atoms with E-state index >= 15 is 0 Å². The predicted octanol–water partition coefficient (Wildman–Crippen LogP) is 3.43. The molecule has 0 radical (unpaired) electrons. The van der Waals surface area contributed by atoms with Gasteiger partial charge in [-0.15, -0.1) is 0 Å². The van der Waals surface area contributed by atoms with Crippen LogP contribution in [0.15, 0.2) is 24.0 Å². The molecule has 16 heavy (non-hydrogen) atoms. The quantitative estimate of drug-likeness (QED) is 0.590. The third-order valence-corrected chi connectivity index (χ3v) is 2.71. The van der Waals surface area contributed by atoms with Gasteiger partial charge in [0.25, 0.3) is 0 Å². The van der Waals surface area contributed by atoms with E-state index in [1.165, 1.54) is 0 Å². The normalized spacial score (nSPS) is 9.75. The maximum atomic E-state index is 4.40. The van der Waals surface area contributed by atoms with Gasteiger partial charge in [0, 0.05) is 0 Å². The lowest BCUT2D eigenvalue weighted by Gasteiger charge is -2.02. The summed E-state index contributed by atoms with van der Waals surface area (Å²) >= 11 is 1.58. The summed E-state index contributed by atoms with van der Waals surface area (Å²) < 4.78 is 1.85. The van der Waals surface area contributed by atoms with Gasteiger partial charge >= 0.3 is 0 Å². The Morgan fingerprint density at radius 3 is 2.69 bits per heavy atom. The van der Waals surface area contributed by atoms with E-state index in [1.807, 2.05) is 43.8 Å². The fourth-order valence-corrected chi connectivity index (χ4v) is 1.85. The lowest BCUT2D eigenvalue weighted by Crippen LogP contribution is -1.97. The summed E-state index contributed by atoms with van der Waals surface area (Å²) in [7, 11) is 0. The molecule has 0 unspecified atom stereocenters. The molecule has 2 aromatic heterocycles. The molecule has 0 fully saturated rings. The smallest absolute Gasteiger partial charge is 0.189 e. The fourth-order valence-electron chi connectivity index (χ4n) is 1.33. The first kappa shape index (κ1) is 12.8. The first-order chi connectivity index (χ1) is 7.76. The summed E-state index contributed by atoms with van der Waals surface area (Å²) in [5.74, 6) is 0. The van der Waals surface area contributed by atoms with Crippen LogP contribution in [-0.2, 0) is 0 Å². The topological polar surface area (TPSA) is 30.2 Å². The third kappa shape index (κ3) is 2.27. The second-order valence-electron chi connectivity index (χ2n) is 3.00. The first-order valence-corrected chi connectivity index (χ1v) is 6.50. The molecule has 0 amide bonds. The monoisotopic (exact) mass is 235 g/mol. The number of rotatable bonds is 2. The maximum absolute atomic E-state index is 4.40. The van der Waals surface area contributed by atoms with Gasteiger partial charge < -0.3 is 0 Å². The number of aryl methyl sites for hydroxylation is 1. The van der Waals surface area contributed by atoms with Crippen molar-refractivity contribution in [3.8, 4) is 0 Å². The van der Waals surface area contributed by atoms with Crippen molar-refractivity contribution >= 4 is 23.4 Å². The molecule has 0 aliphatic heterocycles.